The van der Waals surface area contributed by atoms with E-state index in [9.17, 15) is 0 Å². The number of hydrogen-bond acceptors (Lipinski definition) is 2. The molecule has 0 spiro atoms. The van der Waals surface area contributed by atoms with Crippen LogP contribution in [0.4, 0.5) is 0 Å². The summed E-state index contributed by atoms with van der Waals surface area (Å²) in [5.74, 6) is 1.07. The third-order valence-corrected chi connectivity index (χ3v) is 4.65. The first-order chi connectivity index (χ1) is 9.78. The van der Waals surface area contributed by atoms with E-state index in [1.54, 1.807) is 0 Å². The van der Waals surface area contributed by atoms with Crippen molar-refractivity contribution < 1.29 is 4.74 Å². The van der Waals surface area contributed by atoms with Gasteiger partial charge in [0.05, 0.1) is 0 Å². The maximum atomic E-state index is 6.18. The molecule has 2 aliphatic rings. The molecule has 20 heavy (non-hydrogen) atoms. The van der Waals surface area contributed by atoms with Gasteiger partial charge in [-0.15, -0.1) is 0 Å². The highest BCUT2D eigenvalue weighted by Gasteiger charge is 2.47. The lowest BCUT2D eigenvalue weighted by Crippen LogP contribution is -2.55. The summed E-state index contributed by atoms with van der Waals surface area (Å²) < 4.78 is 6.18. The molecule has 0 aliphatic carbocycles. The molecule has 0 aromatic heterocycles. The molecule has 2 bridgehead atoms. The van der Waals surface area contributed by atoms with E-state index < -0.39 is 0 Å². The third-order valence-electron chi connectivity index (χ3n) is 4.65. The summed E-state index contributed by atoms with van der Waals surface area (Å²) in [5.41, 5.74) is 2.83. The maximum Gasteiger partial charge on any atom is 0.123 e. The van der Waals surface area contributed by atoms with Crippen LogP contribution in [-0.2, 0) is 5.41 Å². The fourth-order valence-corrected chi connectivity index (χ4v) is 3.93. The first-order valence-electron chi connectivity index (χ1n) is 7.28. The Kier molecular flexibility index (Phi) is 2.61. The second-order valence-electron chi connectivity index (χ2n) is 6.09. The standard InChI is InChI=1S/C18H19NO/c1-19-12-15-11-18(13-19,14-7-3-2-4-8-14)16-9-5-6-10-17(16)20-15/h2-10,15H,11-13H2,1H3/t15-,18+/m0/s1. The van der Waals surface area contributed by atoms with Crippen LogP contribution in [0.15, 0.2) is 54.6 Å². The van der Waals surface area contributed by atoms with Crippen molar-refractivity contribution >= 4 is 0 Å². The molecule has 1 fully saturated rings. The lowest BCUT2D eigenvalue weighted by molar-refractivity contribution is 0.0436. The van der Waals surface area contributed by atoms with Crippen LogP contribution < -0.4 is 4.74 Å². The number of piperidine rings is 1. The van der Waals surface area contributed by atoms with Gasteiger partial charge < -0.3 is 9.64 Å². The van der Waals surface area contributed by atoms with Crippen LogP contribution in [0.5, 0.6) is 5.75 Å². The number of likely N-dealkylation sites (N-methyl/N-ethyl adjacent to an activating group) is 1. The normalized spacial score (nSPS) is 28.6. The Hall–Kier alpha value is -1.80. The number of ether oxygens (including phenoxy) is 1. The first-order valence-corrected chi connectivity index (χ1v) is 7.28. The zero-order valence-electron chi connectivity index (χ0n) is 11.8. The molecule has 0 unspecified atom stereocenters. The van der Waals surface area contributed by atoms with Gasteiger partial charge >= 0.3 is 0 Å². The average Bonchev–Trinajstić information content (AvgIpc) is 2.47. The number of rotatable bonds is 1. The van der Waals surface area contributed by atoms with E-state index >= 15 is 0 Å². The van der Waals surface area contributed by atoms with Crippen LogP contribution in [0.2, 0.25) is 0 Å². The fourth-order valence-electron chi connectivity index (χ4n) is 3.93. The molecule has 0 radical (unpaired) electrons. The number of fused-ring (bicyclic) bond motifs is 4. The molecule has 2 nitrogen and oxygen atoms in total. The van der Waals surface area contributed by atoms with E-state index in [4.69, 9.17) is 4.74 Å². The minimum atomic E-state index is 0.0772. The molecule has 102 valence electrons. The molecule has 0 N–H and O–H groups in total. The molecule has 2 aliphatic heterocycles. The van der Waals surface area contributed by atoms with Crippen LogP contribution in [0.3, 0.4) is 0 Å². The van der Waals surface area contributed by atoms with Crippen molar-refractivity contribution in [2.75, 3.05) is 20.1 Å². The second-order valence-corrected chi connectivity index (χ2v) is 6.09. The van der Waals surface area contributed by atoms with E-state index in [0.717, 1.165) is 25.3 Å². The molecule has 0 amide bonds. The highest BCUT2D eigenvalue weighted by Crippen LogP contribution is 2.48. The summed E-state index contributed by atoms with van der Waals surface area (Å²) in [5, 5.41) is 0. The predicted molar refractivity (Wildman–Crippen MR) is 80.2 cm³/mol. The molecular weight excluding hydrogens is 246 g/mol. The van der Waals surface area contributed by atoms with Crippen molar-refractivity contribution in [3.8, 4) is 5.75 Å². The van der Waals surface area contributed by atoms with Gasteiger partial charge in [0, 0.05) is 30.5 Å². The molecule has 2 aromatic rings. The molecular formula is C18H19NO. The minimum absolute atomic E-state index is 0.0772. The van der Waals surface area contributed by atoms with Crippen molar-refractivity contribution in [3.05, 3.63) is 65.7 Å². The van der Waals surface area contributed by atoms with Gasteiger partial charge in [-0.25, -0.2) is 0 Å². The highest BCUT2D eigenvalue weighted by molar-refractivity contribution is 5.50. The van der Waals surface area contributed by atoms with Crippen molar-refractivity contribution in [3.63, 3.8) is 0 Å². The summed E-state index contributed by atoms with van der Waals surface area (Å²) in [6.45, 7) is 2.08. The van der Waals surface area contributed by atoms with Gasteiger partial charge in [0.15, 0.2) is 0 Å². The lowest BCUT2D eigenvalue weighted by atomic mass is 9.67. The summed E-state index contributed by atoms with van der Waals surface area (Å²) >= 11 is 0. The van der Waals surface area contributed by atoms with Gasteiger partial charge in [0.25, 0.3) is 0 Å². The maximum absolute atomic E-state index is 6.18. The summed E-state index contributed by atoms with van der Waals surface area (Å²) in [6, 6.07) is 19.5. The van der Waals surface area contributed by atoms with Crippen LogP contribution in [0.1, 0.15) is 17.5 Å². The quantitative estimate of drug-likeness (QED) is 0.785. The minimum Gasteiger partial charge on any atom is -0.489 e. The Morgan fingerprint density at radius 1 is 1.05 bits per heavy atom. The highest BCUT2D eigenvalue weighted by atomic mass is 16.5. The van der Waals surface area contributed by atoms with Crippen molar-refractivity contribution in [1.82, 2.24) is 4.90 Å². The third kappa shape index (κ3) is 1.68. The molecule has 2 atom stereocenters. The van der Waals surface area contributed by atoms with Gasteiger partial charge in [0.2, 0.25) is 0 Å². The molecule has 2 heterocycles. The van der Waals surface area contributed by atoms with Gasteiger partial charge in [-0.3, -0.25) is 0 Å². The van der Waals surface area contributed by atoms with Gasteiger partial charge in [-0.2, -0.15) is 0 Å². The molecule has 0 saturated carbocycles. The predicted octanol–water partition coefficient (Wildman–Crippen LogP) is 3.07. The van der Waals surface area contributed by atoms with Crippen LogP contribution in [-0.4, -0.2) is 31.1 Å². The van der Waals surface area contributed by atoms with E-state index in [1.807, 2.05) is 0 Å². The summed E-state index contributed by atoms with van der Waals surface area (Å²) in [6.07, 6.45) is 1.38. The van der Waals surface area contributed by atoms with Crippen molar-refractivity contribution in [2.45, 2.75) is 17.9 Å². The van der Waals surface area contributed by atoms with Gasteiger partial charge in [-0.05, 0) is 18.7 Å². The topological polar surface area (TPSA) is 12.5 Å². The van der Waals surface area contributed by atoms with Crippen LogP contribution in [0, 0.1) is 0 Å². The van der Waals surface area contributed by atoms with Crippen LogP contribution >= 0.6 is 0 Å². The molecule has 1 saturated heterocycles. The Balaban J connectivity index is 1.94. The van der Waals surface area contributed by atoms with E-state index in [2.05, 4.69) is 66.5 Å². The molecule has 2 aromatic carbocycles. The molecule has 4 rings (SSSR count). The SMILES string of the molecule is CN1C[C@@H]2C[C@](c3ccccc3)(C1)c1ccccc1O2. The van der Waals surface area contributed by atoms with E-state index in [-0.39, 0.29) is 5.41 Å². The summed E-state index contributed by atoms with van der Waals surface area (Å²) in [4.78, 5) is 2.40. The average molecular weight is 265 g/mol. The van der Waals surface area contributed by atoms with E-state index in [1.165, 1.54) is 11.1 Å². The van der Waals surface area contributed by atoms with Gasteiger partial charge in [0.1, 0.15) is 11.9 Å². The lowest BCUT2D eigenvalue weighted by Gasteiger charge is -2.49. The number of hydrogen-bond donors (Lipinski definition) is 0. The first kappa shape index (κ1) is 12.0. The monoisotopic (exact) mass is 265 g/mol. The smallest absolute Gasteiger partial charge is 0.123 e. The number of benzene rings is 2. The Morgan fingerprint density at radius 2 is 1.80 bits per heavy atom. The van der Waals surface area contributed by atoms with E-state index in [0.29, 0.717) is 6.10 Å². The number of nitrogens with zero attached hydrogens (tertiary/aromatic N) is 1. The Morgan fingerprint density at radius 3 is 2.65 bits per heavy atom. The molecule has 2 heteroatoms. The Bertz CT molecular complexity index is 624. The zero-order chi connectivity index (χ0) is 13.6. The second kappa shape index (κ2) is 4.35. The van der Waals surface area contributed by atoms with Crippen molar-refractivity contribution in [1.29, 1.82) is 0 Å². The Labute approximate surface area is 120 Å². The fraction of sp³-hybridized carbons (Fsp3) is 0.333. The number of para-hydroxylation sites is 1. The van der Waals surface area contributed by atoms with Gasteiger partial charge in [-0.1, -0.05) is 48.5 Å². The van der Waals surface area contributed by atoms with Crippen LogP contribution in [0.25, 0.3) is 0 Å². The summed E-state index contributed by atoms with van der Waals surface area (Å²) in [7, 11) is 2.20. The zero-order valence-corrected chi connectivity index (χ0v) is 11.8. The van der Waals surface area contributed by atoms with Crippen molar-refractivity contribution in [2.24, 2.45) is 0 Å². The number of likely N-dealkylation sites (tertiary alicyclic amines) is 1. The largest absolute Gasteiger partial charge is 0.489 e.